The van der Waals surface area contributed by atoms with Crippen LogP contribution in [0.3, 0.4) is 0 Å². The van der Waals surface area contributed by atoms with E-state index in [-0.39, 0.29) is 24.5 Å². The molecular weight excluding hydrogens is 366 g/mol. The molecule has 1 aromatic heterocycles. The van der Waals surface area contributed by atoms with Crippen molar-refractivity contribution in [3.8, 4) is 11.5 Å². The zero-order valence-corrected chi connectivity index (χ0v) is 16.6. The lowest BCUT2D eigenvalue weighted by Crippen LogP contribution is -2.44. The maximum atomic E-state index is 12.5. The molecule has 7 nitrogen and oxygen atoms in total. The van der Waals surface area contributed by atoms with Gasteiger partial charge in [0.15, 0.2) is 5.82 Å². The first-order valence-corrected chi connectivity index (χ1v) is 9.91. The number of para-hydroxylation sites is 1. The van der Waals surface area contributed by atoms with Crippen molar-refractivity contribution in [1.29, 1.82) is 0 Å². The minimum atomic E-state index is 0.125. The van der Waals surface area contributed by atoms with Crippen LogP contribution in [0.25, 0.3) is 11.5 Å². The lowest BCUT2D eigenvalue weighted by atomic mass is 9.91. The summed E-state index contributed by atoms with van der Waals surface area (Å²) >= 11 is 0. The molecule has 2 aromatic carbocycles. The van der Waals surface area contributed by atoms with Crippen LogP contribution in [-0.2, 0) is 11.3 Å². The molecule has 1 amide bonds. The second-order valence-corrected chi connectivity index (χ2v) is 7.25. The number of hydrogen-bond acceptors (Lipinski definition) is 6. The van der Waals surface area contributed by atoms with Crippen LogP contribution in [0.15, 0.2) is 53.1 Å². The zero-order valence-electron chi connectivity index (χ0n) is 16.6. The van der Waals surface area contributed by atoms with Gasteiger partial charge in [-0.05, 0) is 49.2 Å². The number of anilines is 2. The van der Waals surface area contributed by atoms with E-state index in [0.717, 1.165) is 28.9 Å². The first-order valence-electron chi connectivity index (χ1n) is 9.91. The highest BCUT2D eigenvalue weighted by atomic mass is 16.5. The molecule has 3 N–H and O–H groups in total. The van der Waals surface area contributed by atoms with Crippen LogP contribution >= 0.6 is 0 Å². The molecule has 0 saturated heterocycles. The van der Waals surface area contributed by atoms with E-state index in [4.69, 9.17) is 10.3 Å². The zero-order chi connectivity index (χ0) is 20.4. The molecule has 0 aliphatic carbocycles. The first kappa shape index (κ1) is 19.1. The molecule has 29 heavy (non-hydrogen) atoms. The van der Waals surface area contributed by atoms with E-state index in [1.165, 1.54) is 0 Å². The van der Waals surface area contributed by atoms with Gasteiger partial charge in [0.25, 0.3) is 5.89 Å². The quantitative estimate of drug-likeness (QED) is 0.685. The normalized spacial score (nSPS) is 18.4. The number of rotatable bonds is 5. The minimum absolute atomic E-state index is 0.125. The van der Waals surface area contributed by atoms with Gasteiger partial charge in [-0.2, -0.15) is 4.98 Å². The Bertz CT molecular complexity index is 998. The summed E-state index contributed by atoms with van der Waals surface area (Å²) in [6.07, 6.45) is 1.34. The SMILES string of the molecule is CCC(=O)N1c2ccccc2[C@H](Nc2ccc(-c3nc(CN)no3)cc2)C[C@@H]1C. The molecule has 0 bridgehead atoms. The standard InChI is InChI=1S/C22H25N5O2/c1-3-21(28)27-14(2)12-18(17-6-4-5-7-19(17)27)24-16-10-8-15(9-11-16)22-25-20(13-23)26-29-22/h4-11,14,18,24H,3,12-13,23H2,1-2H3/t14-,18+/m0/s1. The molecule has 0 spiro atoms. The van der Waals surface area contributed by atoms with E-state index >= 15 is 0 Å². The van der Waals surface area contributed by atoms with Crippen molar-refractivity contribution in [2.24, 2.45) is 5.73 Å². The highest BCUT2D eigenvalue weighted by Gasteiger charge is 2.32. The number of fused-ring (bicyclic) bond motifs is 1. The number of nitrogens with one attached hydrogen (secondary N) is 1. The lowest BCUT2D eigenvalue weighted by molar-refractivity contribution is -0.118. The molecule has 0 radical (unpaired) electrons. The smallest absolute Gasteiger partial charge is 0.257 e. The molecule has 0 saturated carbocycles. The average molecular weight is 391 g/mol. The Morgan fingerprint density at radius 3 is 2.69 bits per heavy atom. The average Bonchev–Trinajstić information content (AvgIpc) is 3.23. The molecule has 0 fully saturated rings. The van der Waals surface area contributed by atoms with Crippen molar-refractivity contribution in [3.63, 3.8) is 0 Å². The van der Waals surface area contributed by atoms with E-state index in [1.54, 1.807) is 0 Å². The predicted molar refractivity (Wildman–Crippen MR) is 112 cm³/mol. The van der Waals surface area contributed by atoms with Crippen molar-refractivity contribution >= 4 is 17.3 Å². The van der Waals surface area contributed by atoms with Crippen LogP contribution in [0.1, 0.15) is 44.1 Å². The number of nitrogens with zero attached hydrogens (tertiary/aromatic N) is 3. The monoisotopic (exact) mass is 391 g/mol. The van der Waals surface area contributed by atoms with Crippen molar-refractivity contribution in [3.05, 3.63) is 59.9 Å². The van der Waals surface area contributed by atoms with E-state index in [1.807, 2.05) is 54.3 Å². The van der Waals surface area contributed by atoms with Crippen LogP contribution < -0.4 is 16.0 Å². The van der Waals surface area contributed by atoms with Crippen LogP contribution in [0.4, 0.5) is 11.4 Å². The molecular formula is C22H25N5O2. The van der Waals surface area contributed by atoms with Crippen molar-refractivity contribution in [1.82, 2.24) is 10.1 Å². The molecule has 1 aliphatic rings. The third-order valence-electron chi connectivity index (χ3n) is 5.28. The number of carbonyl (C=O) groups excluding carboxylic acids is 1. The van der Waals surface area contributed by atoms with Crippen molar-refractivity contribution < 1.29 is 9.32 Å². The number of aromatic nitrogens is 2. The Morgan fingerprint density at radius 1 is 1.24 bits per heavy atom. The summed E-state index contributed by atoms with van der Waals surface area (Å²) in [7, 11) is 0. The van der Waals surface area contributed by atoms with Crippen molar-refractivity contribution in [2.75, 3.05) is 10.2 Å². The van der Waals surface area contributed by atoms with Crippen LogP contribution in [0.2, 0.25) is 0 Å². The minimum Gasteiger partial charge on any atom is -0.378 e. The van der Waals surface area contributed by atoms with Gasteiger partial charge in [-0.15, -0.1) is 0 Å². The summed E-state index contributed by atoms with van der Waals surface area (Å²) in [6.45, 7) is 4.26. The topological polar surface area (TPSA) is 97.3 Å². The van der Waals surface area contributed by atoms with Gasteiger partial charge < -0.3 is 20.5 Å². The largest absolute Gasteiger partial charge is 0.378 e. The van der Waals surface area contributed by atoms with Crippen molar-refractivity contribution in [2.45, 2.75) is 45.3 Å². The summed E-state index contributed by atoms with van der Waals surface area (Å²) < 4.78 is 5.24. The molecule has 7 heteroatoms. The second-order valence-electron chi connectivity index (χ2n) is 7.25. The van der Waals surface area contributed by atoms with Gasteiger partial charge in [0, 0.05) is 29.4 Å². The van der Waals surface area contributed by atoms with Gasteiger partial charge in [0.05, 0.1) is 12.6 Å². The second kappa shape index (κ2) is 8.05. The van der Waals surface area contributed by atoms with Gasteiger partial charge in [-0.1, -0.05) is 30.3 Å². The Kier molecular flexibility index (Phi) is 5.31. The highest BCUT2D eigenvalue weighted by molar-refractivity contribution is 5.95. The van der Waals surface area contributed by atoms with Crippen LogP contribution in [0, 0.1) is 0 Å². The number of amides is 1. The third kappa shape index (κ3) is 3.73. The Morgan fingerprint density at radius 2 is 2.00 bits per heavy atom. The van der Waals surface area contributed by atoms with Crippen LogP contribution in [0.5, 0.6) is 0 Å². The first-order chi connectivity index (χ1) is 14.1. The van der Waals surface area contributed by atoms with E-state index in [0.29, 0.717) is 18.1 Å². The van der Waals surface area contributed by atoms with Crippen LogP contribution in [-0.4, -0.2) is 22.1 Å². The van der Waals surface area contributed by atoms with E-state index in [9.17, 15) is 4.79 Å². The summed E-state index contributed by atoms with van der Waals surface area (Å²) in [5.41, 5.74) is 9.51. The third-order valence-corrected chi connectivity index (χ3v) is 5.28. The lowest BCUT2D eigenvalue weighted by Gasteiger charge is -2.40. The van der Waals surface area contributed by atoms with Gasteiger partial charge in [0.1, 0.15) is 0 Å². The molecule has 3 aromatic rings. The summed E-state index contributed by atoms with van der Waals surface area (Å²) in [5.74, 6) is 1.10. The van der Waals surface area contributed by atoms with E-state index < -0.39 is 0 Å². The Labute approximate surface area is 169 Å². The summed E-state index contributed by atoms with van der Waals surface area (Å²) in [6, 6.07) is 16.3. The Hall–Kier alpha value is -3.19. The molecule has 4 rings (SSSR count). The number of benzene rings is 2. The van der Waals surface area contributed by atoms with Gasteiger partial charge >= 0.3 is 0 Å². The predicted octanol–water partition coefficient (Wildman–Crippen LogP) is 3.88. The maximum Gasteiger partial charge on any atom is 0.257 e. The molecule has 2 heterocycles. The van der Waals surface area contributed by atoms with Gasteiger partial charge in [-0.25, -0.2) is 0 Å². The van der Waals surface area contributed by atoms with E-state index in [2.05, 4.69) is 28.4 Å². The fraction of sp³-hybridized carbons (Fsp3) is 0.318. The fourth-order valence-electron chi connectivity index (χ4n) is 3.86. The molecule has 150 valence electrons. The molecule has 2 atom stereocenters. The summed E-state index contributed by atoms with van der Waals surface area (Å²) in [5, 5.41) is 7.45. The molecule has 1 aliphatic heterocycles. The fourth-order valence-corrected chi connectivity index (χ4v) is 3.86. The Balaban J connectivity index is 1.56. The molecule has 0 unspecified atom stereocenters. The van der Waals surface area contributed by atoms with Gasteiger partial charge in [-0.3, -0.25) is 4.79 Å². The maximum absolute atomic E-state index is 12.5. The van der Waals surface area contributed by atoms with Gasteiger partial charge in [0.2, 0.25) is 5.91 Å². The summed E-state index contributed by atoms with van der Waals surface area (Å²) in [4.78, 5) is 18.7. The number of carbonyl (C=O) groups is 1. The number of hydrogen-bond donors (Lipinski definition) is 2. The number of nitrogens with two attached hydrogens (primary N) is 1. The highest BCUT2D eigenvalue weighted by Crippen LogP contribution is 2.39.